The van der Waals surface area contributed by atoms with Crippen LogP contribution >= 0.6 is 0 Å². The molecular weight excluding hydrogens is 202 g/mol. The second kappa shape index (κ2) is 5.02. The van der Waals surface area contributed by atoms with Crippen LogP contribution in [0.15, 0.2) is 16.5 Å². The van der Waals surface area contributed by atoms with Crippen LogP contribution in [-0.2, 0) is 0 Å². The predicted molar refractivity (Wildman–Crippen MR) is 63.2 cm³/mol. The maximum atomic E-state index is 9.51. The maximum absolute atomic E-state index is 9.51. The summed E-state index contributed by atoms with van der Waals surface area (Å²) in [5.41, 5.74) is 0. The van der Waals surface area contributed by atoms with Gasteiger partial charge >= 0.3 is 0 Å². The number of hydrogen-bond donors (Lipinski definition) is 2. The van der Waals surface area contributed by atoms with Crippen LogP contribution in [-0.4, -0.2) is 18.3 Å². The Bertz CT molecular complexity index is 326. The lowest BCUT2D eigenvalue weighted by molar-refractivity contribution is 0.0949. The first-order valence-electron chi connectivity index (χ1n) is 6.12. The second-order valence-electron chi connectivity index (χ2n) is 4.78. The van der Waals surface area contributed by atoms with Gasteiger partial charge in [-0.15, -0.1) is 0 Å². The lowest BCUT2D eigenvalue weighted by atomic mass is 9.82. The molecule has 0 spiro atoms. The fourth-order valence-electron chi connectivity index (χ4n) is 2.67. The van der Waals surface area contributed by atoms with E-state index in [4.69, 9.17) is 4.42 Å². The summed E-state index contributed by atoms with van der Waals surface area (Å²) in [5, 5.41) is 12.9. The monoisotopic (exact) mass is 223 g/mol. The summed E-state index contributed by atoms with van der Waals surface area (Å²) >= 11 is 0. The van der Waals surface area contributed by atoms with Gasteiger partial charge < -0.3 is 14.8 Å². The van der Waals surface area contributed by atoms with Gasteiger partial charge in [0.05, 0.1) is 12.1 Å². The van der Waals surface area contributed by atoms with Crippen molar-refractivity contribution in [3.8, 4) is 0 Å². The highest BCUT2D eigenvalue weighted by Gasteiger charge is 2.28. The van der Waals surface area contributed by atoms with Crippen LogP contribution < -0.4 is 5.32 Å². The van der Waals surface area contributed by atoms with Gasteiger partial charge in [0.15, 0.2) is 0 Å². The molecule has 1 fully saturated rings. The summed E-state index contributed by atoms with van der Waals surface area (Å²) in [7, 11) is 1.98. The number of hydrogen-bond acceptors (Lipinski definition) is 3. The van der Waals surface area contributed by atoms with Gasteiger partial charge in [-0.3, -0.25) is 0 Å². The predicted octanol–water partition coefficient (Wildman–Crippen LogP) is 2.40. The largest absolute Gasteiger partial charge is 0.465 e. The van der Waals surface area contributed by atoms with Crippen molar-refractivity contribution in [2.24, 2.45) is 5.92 Å². The molecule has 1 atom stereocenters. The van der Waals surface area contributed by atoms with Gasteiger partial charge in [-0.25, -0.2) is 0 Å². The van der Waals surface area contributed by atoms with Crippen LogP contribution in [0.2, 0.25) is 0 Å². The minimum Gasteiger partial charge on any atom is -0.465 e. The fraction of sp³-hybridized carbons (Fsp3) is 0.692. The van der Waals surface area contributed by atoms with Crippen LogP contribution in [0.4, 0.5) is 0 Å². The highest BCUT2D eigenvalue weighted by atomic mass is 16.3. The Morgan fingerprint density at radius 3 is 2.50 bits per heavy atom. The summed E-state index contributed by atoms with van der Waals surface area (Å²) in [5.74, 6) is 2.58. The summed E-state index contributed by atoms with van der Waals surface area (Å²) < 4.78 is 5.69. The average Bonchev–Trinajstić information content (AvgIpc) is 2.69. The molecule has 1 unspecified atom stereocenters. The molecule has 16 heavy (non-hydrogen) atoms. The Balaban J connectivity index is 2.05. The maximum Gasteiger partial charge on any atom is 0.121 e. The molecule has 3 heteroatoms. The molecule has 90 valence electrons. The van der Waals surface area contributed by atoms with E-state index in [1.807, 2.05) is 20.0 Å². The number of nitrogens with one attached hydrogen (secondary N) is 1. The van der Waals surface area contributed by atoms with E-state index in [2.05, 4.69) is 11.4 Å². The van der Waals surface area contributed by atoms with E-state index in [0.717, 1.165) is 37.2 Å². The first-order valence-corrected chi connectivity index (χ1v) is 6.12. The lowest BCUT2D eigenvalue weighted by Crippen LogP contribution is -2.29. The van der Waals surface area contributed by atoms with Crippen molar-refractivity contribution in [1.82, 2.24) is 5.32 Å². The fourth-order valence-corrected chi connectivity index (χ4v) is 2.67. The van der Waals surface area contributed by atoms with Crippen LogP contribution in [0, 0.1) is 12.8 Å². The molecule has 0 radical (unpaired) electrons. The standard InChI is InChI=1S/C13H21NO2/c1-9-3-8-12(16-9)13(14-2)10-4-6-11(15)7-5-10/h3,8,10-11,13-15H,4-7H2,1-2H3. The summed E-state index contributed by atoms with van der Waals surface area (Å²) in [6.07, 6.45) is 3.90. The normalized spacial score (nSPS) is 27.9. The second-order valence-corrected chi connectivity index (χ2v) is 4.78. The summed E-state index contributed by atoms with van der Waals surface area (Å²) in [6.45, 7) is 1.97. The molecule has 0 saturated heterocycles. The molecule has 2 rings (SSSR count). The van der Waals surface area contributed by atoms with Gasteiger partial charge in [-0.05, 0) is 57.7 Å². The third-order valence-corrected chi connectivity index (χ3v) is 3.59. The molecule has 1 aliphatic carbocycles. The van der Waals surface area contributed by atoms with Crippen LogP contribution in [0.1, 0.15) is 43.2 Å². The molecule has 3 nitrogen and oxygen atoms in total. The molecule has 1 saturated carbocycles. The highest BCUT2D eigenvalue weighted by molar-refractivity contribution is 5.11. The Morgan fingerprint density at radius 1 is 1.31 bits per heavy atom. The van der Waals surface area contributed by atoms with Crippen LogP contribution in [0.25, 0.3) is 0 Å². The number of aliphatic hydroxyl groups is 1. The van der Waals surface area contributed by atoms with Crippen molar-refractivity contribution in [2.45, 2.75) is 44.8 Å². The lowest BCUT2D eigenvalue weighted by Gasteiger charge is -2.30. The summed E-state index contributed by atoms with van der Waals surface area (Å²) in [6, 6.07) is 4.36. The van der Waals surface area contributed by atoms with Crippen molar-refractivity contribution in [1.29, 1.82) is 0 Å². The minimum atomic E-state index is -0.0907. The molecule has 1 aromatic rings. The minimum absolute atomic E-state index is 0.0907. The number of aliphatic hydroxyl groups excluding tert-OH is 1. The zero-order valence-corrected chi connectivity index (χ0v) is 10.1. The third-order valence-electron chi connectivity index (χ3n) is 3.59. The summed E-state index contributed by atoms with van der Waals surface area (Å²) in [4.78, 5) is 0. The molecule has 2 N–H and O–H groups in total. The van der Waals surface area contributed by atoms with Crippen molar-refractivity contribution < 1.29 is 9.52 Å². The van der Waals surface area contributed by atoms with Crippen molar-refractivity contribution >= 4 is 0 Å². The Morgan fingerprint density at radius 2 is 2.00 bits per heavy atom. The molecule has 1 aromatic heterocycles. The van der Waals surface area contributed by atoms with E-state index in [1.165, 1.54) is 0 Å². The van der Waals surface area contributed by atoms with E-state index in [1.54, 1.807) is 0 Å². The zero-order valence-electron chi connectivity index (χ0n) is 10.1. The molecular formula is C13H21NO2. The highest BCUT2D eigenvalue weighted by Crippen LogP contribution is 2.34. The molecule has 1 heterocycles. The Hall–Kier alpha value is -0.800. The SMILES string of the molecule is CNC(c1ccc(C)o1)C1CCC(O)CC1. The van der Waals surface area contributed by atoms with E-state index in [-0.39, 0.29) is 6.10 Å². The van der Waals surface area contributed by atoms with E-state index in [9.17, 15) is 5.11 Å². The molecule has 0 amide bonds. The van der Waals surface area contributed by atoms with Gasteiger partial charge in [-0.2, -0.15) is 0 Å². The number of aryl methyl sites for hydroxylation is 1. The molecule has 0 aliphatic heterocycles. The molecule has 1 aliphatic rings. The van der Waals surface area contributed by atoms with Gasteiger partial charge in [0, 0.05) is 0 Å². The number of rotatable bonds is 3. The van der Waals surface area contributed by atoms with Crippen LogP contribution in [0.5, 0.6) is 0 Å². The van der Waals surface area contributed by atoms with E-state index < -0.39 is 0 Å². The topological polar surface area (TPSA) is 45.4 Å². The zero-order chi connectivity index (χ0) is 11.5. The van der Waals surface area contributed by atoms with Gasteiger partial charge in [0.25, 0.3) is 0 Å². The molecule has 0 aromatic carbocycles. The van der Waals surface area contributed by atoms with Crippen molar-refractivity contribution in [3.05, 3.63) is 23.7 Å². The Kier molecular flexibility index (Phi) is 3.66. The molecule has 0 bridgehead atoms. The first kappa shape index (κ1) is 11.7. The first-order chi connectivity index (χ1) is 7.70. The smallest absolute Gasteiger partial charge is 0.121 e. The quantitative estimate of drug-likeness (QED) is 0.827. The van der Waals surface area contributed by atoms with Crippen molar-refractivity contribution in [3.63, 3.8) is 0 Å². The van der Waals surface area contributed by atoms with E-state index in [0.29, 0.717) is 12.0 Å². The van der Waals surface area contributed by atoms with Crippen molar-refractivity contribution in [2.75, 3.05) is 7.05 Å². The number of furan rings is 1. The Labute approximate surface area is 96.8 Å². The average molecular weight is 223 g/mol. The van der Waals surface area contributed by atoms with Crippen LogP contribution in [0.3, 0.4) is 0 Å². The van der Waals surface area contributed by atoms with E-state index >= 15 is 0 Å². The van der Waals surface area contributed by atoms with Gasteiger partial charge in [0.1, 0.15) is 11.5 Å². The third kappa shape index (κ3) is 2.47. The van der Waals surface area contributed by atoms with Gasteiger partial charge in [0.2, 0.25) is 0 Å². The van der Waals surface area contributed by atoms with Gasteiger partial charge in [-0.1, -0.05) is 0 Å².